The summed E-state index contributed by atoms with van der Waals surface area (Å²) in [7, 11) is 0. The fraction of sp³-hybridized carbons (Fsp3) is 0. The van der Waals surface area contributed by atoms with Crippen LogP contribution in [0.4, 0.5) is 5.82 Å². The van der Waals surface area contributed by atoms with Gasteiger partial charge in [-0.25, -0.2) is 4.98 Å². The van der Waals surface area contributed by atoms with Gasteiger partial charge in [-0.1, -0.05) is 0 Å². The Labute approximate surface area is 108 Å². The minimum absolute atomic E-state index is 0.202. The molecule has 5 heteroatoms. The van der Waals surface area contributed by atoms with Crippen molar-refractivity contribution < 1.29 is 5.11 Å². The third-order valence-electron chi connectivity index (χ3n) is 1.88. The van der Waals surface area contributed by atoms with Gasteiger partial charge in [0.25, 0.3) is 0 Å². The van der Waals surface area contributed by atoms with E-state index < -0.39 is 0 Å². The molecule has 2 rings (SSSR count). The lowest BCUT2D eigenvalue weighted by atomic mass is 10.2. The lowest BCUT2D eigenvalue weighted by Crippen LogP contribution is -1.92. The van der Waals surface area contributed by atoms with Crippen LogP contribution in [0, 0.1) is 7.14 Å². The number of benzene rings is 1. The Morgan fingerprint density at radius 3 is 2.64 bits per heavy atom. The van der Waals surface area contributed by atoms with Crippen LogP contribution in [0.15, 0.2) is 18.2 Å². The fourth-order valence-corrected chi connectivity index (χ4v) is 3.13. The molecule has 0 spiro atoms. The first kappa shape index (κ1) is 10.2. The van der Waals surface area contributed by atoms with Gasteiger partial charge in [0.05, 0.1) is 3.57 Å². The number of aromatic hydroxyl groups is 1. The maximum absolute atomic E-state index is 9.78. The molecule has 1 aromatic heterocycles. The van der Waals surface area contributed by atoms with Gasteiger partial charge in [-0.05, 0) is 63.4 Å². The maximum Gasteiger partial charge on any atom is 0.155 e. The van der Waals surface area contributed by atoms with Crippen LogP contribution in [0.25, 0.3) is 10.9 Å². The van der Waals surface area contributed by atoms with Crippen LogP contribution in [-0.4, -0.2) is 10.1 Å². The second-order valence-electron chi connectivity index (χ2n) is 2.82. The number of aromatic nitrogens is 1. The largest absolute Gasteiger partial charge is 0.505 e. The molecule has 0 unspecified atom stereocenters. The number of hydrogen-bond acceptors (Lipinski definition) is 3. The molecule has 0 amide bonds. The van der Waals surface area contributed by atoms with Gasteiger partial charge in [-0.2, -0.15) is 0 Å². The summed E-state index contributed by atoms with van der Waals surface area (Å²) in [5, 5.41) is 10.7. The van der Waals surface area contributed by atoms with E-state index in [0.717, 1.165) is 12.5 Å². The van der Waals surface area contributed by atoms with Gasteiger partial charge in [-0.3, -0.25) is 0 Å². The topological polar surface area (TPSA) is 59.1 Å². The van der Waals surface area contributed by atoms with Gasteiger partial charge in [0.1, 0.15) is 11.3 Å². The van der Waals surface area contributed by atoms with Crippen LogP contribution in [0.3, 0.4) is 0 Å². The van der Waals surface area contributed by atoms with Crippen molar-refractivity contribution in [2.75, 3.05) is 5.73 Å². The highest BCUT2D eigenvalue weighted by molar-refractivity contribution is 14.1. The Bertz CT molecular complexity index is 514. The maximum atomic E-state index is 9.78. The molecule has 0 saturated heterocycles. The van der Waals surface area contributed by atoms with Crippen molar-refractivity contribution in [1.29, 1.82) is 0 Å². The summed E-state index contributed by atoms with van der Waals surface area (Å²) < 4.78 is 1.85. The molecule has 2 aromatic rings. The molecule has 3 N–H and O–H groups in total. The Hall–Kier alpha value is -0.310. The fourth-order valence-electron chi connectivity index (χ4n) is 1.22. The van der Waals surface area contributed by atoms with Crippen LogP contribution >= 0.6 is 45.2 Å². The van der Waals surface area contributed by atoms with Crippen molar-refractivity contribution in [2.24, 2.45) is 0 Å². The van der Waals surface area contributed by atoms with E-state index in [1.807, 2.05) is 12.1 Å². The molecule has 0 fully saturated rings. The normalized spacial score (nSPS) is 10.7. The van der Waals surface area contributed by atoms with Crippen molar-refractivity contribution in [3.63, 3.8) is 0 Å². The first-order valence-electron chi connectivity index (χ1n) is 3.83. The van der Waals surface area contributed by atoms with Crippen LogP contribution in [-0.2, 0) is 0 Å². The second kappa shape index (κ2) is 3.69. The SMILES string of the molecule is Nc1ccc2c(I)cc(I)c(O)c2n1. The standard InChI is InChI=1S/C9H6I2N2O/c10-5-3-6(11)9(14)8-4(5)1-2-7(12)13-8/h1-3,14H,(H2,12,13). The van der Waals surface area contributed by atoms with Gasteiger partial charge in [0.2, 0.25) is 0 Å². The average molecular weight is 412 g/mol. The summed E-state index contributed by atoms with van der Waals surface area (Å²) >= 11 is 4.29. The number of halogens is 2. The third-order valence-corrected chi connectivity index (χ3v) is 3.59. The summed E-state index contributed by atoms with van der Waals surface area (Å²) in [6, 6.07) is 5.52. The molecular weight excluding hydrogens is 406 g/mol. The zero-order valence-corrected chi connectivity index (χ0v) is 11.3. The number of nitrogens with zero attached hydrogens (tertiary/aromatic N) is 1. The summed E-state index contributed by atoms with van der Waals surface area (Å²) in [4.78, 5) is 4.12. The predicted octanol–water partition coefficient (Wildman–Crippen LogP) is 2.73. The number of rotatable bonds is 0. The Balaban J connectivity index is 2.95. The van der Waals surface area contributed by atoms with E-state index in [0.29, 0.717) is 11.3 Å². The highest BCUT2D eigenvalue weighted by atomic mass is 127. The van der Waals surface area contributed by atoms with Crippen molar-refractivity contribution in [3.8, 4) is 5.75 Å². The molecule has 0 aliphatic heterocycles. The zero-order chi connectivity index (χ0) is 10.3. The molecule has 0 aliphatic carbocycles. The second-order valence-corrected chi connectivity index (χ2v) is 5.15. The van der Waals surface area contributed by atoms with Crippen LogP contribution in [0.2, 0.25) is 0 Å². The molecule has 0 bridgehead atoms. The van der Waals surface area contributed by atoms with E-state index in [1.54, 1.807) is 6.07 Å². The van der Waals surface area contributed by atoms with Gasteiger partial charge < -0.3 is 10.8 Å². The molecule has 0 atom stereocenters. The predicted molar refractivity (Wildman–Crippen MR) is 73.3 cm³/mol. The molecule has 0 aliphatic rings. The number of phenolic OH excluding ortho intramolecular Hbond substituents is 1. The van der Waals surface area contributed by atoms with Crippen LogP contribution in [0.5, 0.6) is 5.75 Å². The Kier molecular flexibility index (Phi) is 2.69. The summed E-state index contributed by atoms with van der Waals surface area (Å²) in [6.45, 7) is 0. The van der Waals surface area contributed by atoms with E-state index >= 15 is 0 Å². The number of pyridine rings is 1. The van der Waals surface area contributed by atoms with E-state index in [1.165, 1.54) is 0 Å². The quantitative estimate of drug-likeness (QED) is 0.655. The minimum Gasteiger partial charge on any atom is -0.505 e. The first-order chi connectivity index (χ1) is 6.59. The molecule has 14 heavy (non-hydrogen) atoms. The monoisotopic (exact) mass is 412 g/mol. The molecule has 0 saturated carbocycles. The molecular formula is C9H6I2N2O. The Morgan fingerprint density at radius 2 is 1.93 bits per heavy atom. The molecule has 0 radical (unpaired) electrons. The average Bonchev–Trinajstić information content (AvgIpc) is 2.14. The zero-order valence-electron chi connectivity index (χ0n) is 6.96. The Morgan fingerprint density at radius 1 is 1.21 bits per heavy atom. The summed E-state index contributed by atoms with van der Waals surface area (Å²) in [6.07, 6.45) is 0. The summed E-state index contributed by atoms with van der Waals surface area (Å²) in [5.74, 6) is 0.624. The number of anilines is 1. The number of nitrogen functional groups attached to an aromatic ring is 1. The van der Waals surface area contributed by atoms with E-state index in [9.17, 15) is 5.11 Å². The van der Waals surface area contributed by atoms with Crippen molar-refractivity contribution >= 4 is 61.9 Å². The van der Waals surface area contributed by atoms with Crippen molar-refractivity contribution in [1.82, 2.24) is 4.98 Å². The van der Waals surface area contributed by atoms with Crippen molar-refractivity contribution in [3.05, 3.63) is 25.3 Å². The highest BCUT2D eigenvalue weighted by Gasteiger charge is 2.09. The van der Waals surface area contributed by atoms with Crippen molar-refractivity contribution in [2.45, 2.75) is 0 Å². The smallest absolute Gasteiger partial charge is 0.155 e. The lowest BCUT2D eigenvalue weighted by molar-refractivity contribution is 0.476. The molecule has 1 heterocycles. The number of phenols is 1. The summed E-state index contributed by atoms with van der Waals surface area (Å²) in [5.41, 5.74) is 6.14. The molecule has 1 aromatic carbocycles. The van der Waals surface area contributed by atoms with E-state index in [4.69, 9.17) is 5.73 Å². The van der Waals surface area contributed by atoms with Crippen LogP contribution in [0.1, 0.15) is 0 Å². The lowest BCUT2D eigenvalue weighted by Gasteiger charge is -2.05. The van der Waals surface area contributed by atoms with Gasteiger partial charge in [0.15, 0.2) is 5.75 Å². The van der Waals surface area contributed by atoms with Gasteiger partial charge in [-0.15, -0.1) is 0 Å². The highest BCUT2D eigenvalue weighted by Crippen LogP contribution is 2.32. The van der Waals surface area contributed by atoms with E-state index in [-0.39, 0.29) is 5.75 Å². The third kappa shape index (κ3) is 1.62. The van der Waals surface area contributed by atoms with Crippen LogP contribution < -0.4 is 5.73 Å². The van der Waals surface area contributed by atoms with Gasteiger partial charge >= 0.3 is 0 Å². The number of nitrogens with two attached hydrogens (primary N) is 1. The van der Waals surface area contributed by atoms with Gasteiger partial charge in [0, 0.05) is 8.96 Å². The first-order valence-corrected chi connectivity index (χ1v) is 5.98. The number of fused-ring (bicyclic) bond motifs is 1. The molecule has 3 nitrogen and oxygen atoms in total. The number of hydrogen-bond donors (Lipinski definition) is 2. The minimum atomic E-state index is 0.202. The molecule has 72 valence electrons. The van der Waals surface area contributed by atoms with E-state index in [2.05, 4.69) is 50.2 Å².